The topological polar surface area (TPSA) is 30.9 Å². The Kier molecular flexibility index (Phi) is 3.89. The lowest BCUT2D eigenvalue weighted by Crippen LogP contribution is -2.20. The molecule has 0 spiro atoms. The van der Waals surface area contributed by atoms with E-state index in [4.69, 9.17) is 14.3 Å². The highest BCUT2D eigenvalue weighted by Crippen LogP contribution is 2.36. The van der Waals surface area contributed by atoms with Crippen LogP contribution >= 0.6 is 0 Å². The number of methoxy groups -OCH3 is 2. The van der Waals surface area contributed by atoms with Gasteiger partial charge >= 0.3 is 0 Å². The van der Waals surface area contributed by atoms with Crippen molar-refractivity contribution >= 4 is 0 Å². The molecule has 98 valence electrons. The fourth-order valence-electron chi connectivity index (χ4n) is 2.17. The van der Waals surface area contributed by atoms with Gasteiger partial charge in [0.15, 0.2) is 11.5 Å². The van der Waals surface area contributed by atoms with Gasteiger partial charge in [-0.3, -0.25) is 4.84 Å². The van der Waals surface area contributed by atoms with Gasteiger partial charge in [-0.15, -0.1) is 6.58 Å². The molecule has 0 aliphatic carbocycles. The van der Waals surface area contributed by atoms with Crippen LogP contribution in [0, 0.1) is 0 Å². The maximum absolute atomic E-state index is 5.78. The Labute approximate surface area is 108 Å². The quantitative estimate of drug-likeness (QED) is 0.769. The summed E-state index contributed by atoms with van der Waals surface area (Å²) in [6.45, 7) is 4.67. The summed E-state index contributed by atoms with van der Waals surface area (Å²) in [5.41, 5.74) is 2.30. The number of hydrogen-bond acceptors (Lipinski definition) is 4. The average Bonchev–Trinajstić information content (AvgIpc) is 2.56. The molecule has 0 N–H and O–H groups in total. The van der Waals surface area contributed by atoms with Gasteiger partial charge in [-0.05, 0) is 29.7 Å². The van der Waals surface area contributed by atoms with Gasteiger partial charge < -0.3 is 9.47 Å². The summed E-state index contributed by atoms with van der Waals surface area (Å²) in [4.78, 5) is 5.78. The molecule has 0 unspecified atom stereocenters. The molecule has 4 nitrogen and oxygen atoms in total. The van der Waals surface area contributed by atoms with Crippen molar-refractivity contribution in [1.82, 2.24) is 5.06 Å². The van der Waals surface area contributed by atoms with E-state index < -0.39 is 0 Å². The zero-order valence-electron chi connectivity index (χ0n) is 11.1. The first-order valence-corrected chi connectivity index (χ1v) is 5.94. The van der Waals surface area contributed by atoms with E-state index in [-0.39, 0.29) is 6.10 Å². The van der Waals surface area contributed by atoms with E-state index in [1.807, 2.05) is 24.2 Å². The maximum atomic E-state index is 5.78. The first-order valence-electron chi connectivity index (χ1n) is 5.94. The van der Waals surface area contributed by atoms with E-state index in [9.17, 15) is 0 Å². The lowest BCUT2D eigenvalue weighted by Gasteiger charge is -2.19. The second-order valence-electron chi connectivity index (χ2n) is 4.27. The van der Waals surface area contributed by atoms with Crippen molar-refractivity contribution in [3.05, 3.63) is 35.9 Å². The largest absolute Gasteiger partial charge is 0.493 e. The van der Waals surface area contributed by atoms with Crippen molar-refractivity contribution in [2.24, 2.45) is 0 Å². The number of fused-ring (bicyclic) bond motifs is 1. The Morgan fingerprint density at radius 1 is 1.33 bits per heavy atom. The van der Waals surface area contributed by atoms with Crippen LogP contribution in [0.2, 0.25) is 0 Å². The second kappa shape index (κ2) is 5.42. The number of nitrogens with zero attached hydrogens (tertiary/aromatic N) is 1. The summed E-state index contributed by atoms with van der Waals surface area (Å²) >= 11 is 0. The average molecular weight is 249 g/mol. The van der Waals surface area contributed by atoms with Crippen molar-refractivity contribution in [1.29, 1.82) is 0 Å². The molecule has 2 rings (SSSR count). The van der Waals surface area contributed by atoms with Gasteiger partial charge in [0.05, 0.1) is 14.2 Å². The molecular weight excluding hydrogens is 230 g/mol. The molecule has 1 atom stereocenters. The van der Waals surface area contributed by atoms with Crippen molar-refractivity contribution in [2.75, 3.05) is 27.8 Å². The zero-order chi connectivity index (χ0) is 13.1. The van der Waals surface area contributed by atoms with Crippen LogP contribution in [0.4, 0.5) is 0 Å². The van der Waals surface area contributed by atoms with Crippen LogP contribution in [-0.2, 0) is 11.3 Å². The highest BCUT2D eigenvalue weighted by molar-refractivity contribution is 5.49. The summed E-state index contributed by atoms with van der Waals surface area (Å²) in [6, 6.07) is 3.99. The van der Waals surface area contributed by atoms with Crippen molar-refractivity contribution in [3.8, 4) is 11.5 Å². The second-order valence-corrected chi connectivity index (χ2v) is 4.27. The number of benzene rings is 1. The van der Waals surface area contributed by atoms with E-state index in [2.05, 4.69) is 6.58 Å². The molecule has 1 aliphatic rings. The predicted octanol–water partition coefficient (Wildman–Crippen LogP) is 2.35. The van der Waals surface area contributed by atoms with Crippen LogP contribution in [0.3, 0.4) is 0 Å². The van der Waals surface area contributed by atoms with Gasteiger partial charge in [0, 0.05) is 13.6 Å². The van der Waals surface area contributed by atoms with E-state index in [1.54, 1.807) is 20.3 Å². The summed E-state index contributed by atoms with van der Waals surface area (Å²) < 4.78 is 10.7. The smallest absolute Gasteiger partial charge is 0.161 e. The molecule has 0 bridgehead atoms. The van der Waals surface area contributed by atoms with E-state index in [0.29, 0.717) is 0 Å². The van der Waals surface area contributed by atoms with Crippen LogP contribution in [-0.4, -0.2) is 32.9 Å². The zero-order valence-corrected chi connectivity index (χ0v) is 11.1. The Balaban J connectivity index is 2.49. The molecule has 0 aromatic heterocycles. The van der Waals surface area contributed by atoms with Gasteiger partial charge in [0.1, 0.15) is 6.10 Å². The van der Waals surface area contributed by atoms with Crippen LogP contribution < -0.4 is 9.47 Å². The van der Waals surface area contributed by atoms with E-state index in [0.717, 1.165) is 30.0 Å². The molecule has 0 saturated heterocycles. The minimum Gasteiger partial charge on any atom is -0.493 e. The van der Waals surface area contributed by atoms with Crippen LogP contribution in [0.1, 0.15) is 17.2 Å². The molecule has 1 aromatic rings. The summed E-state index contributed by atoms with van der Waals surface area (Å²) in [5.74, 6) is 1.47. The van der Waals surface area contributed by atoms with Gasteiger partial charge in [-0.25, -0.2) is 0 Å². The number of hydroxylamine groups is 2. The van der Waals surface area contributed by atoms with Crippen LogP contribution in [0.25, 0.3) is 0 Å². The third-order valence-electron chi connectivity index (χ3n) is 3.16. The number of ether oxygens (including phenoxy) is 2. The molecule has 1 aliphatic heterocycles. The summed E-state index contributed by atoms with van der Waals surface area (Å²) in [6.07, 6.45) is 2.57. The normalized spacial score (nSPS) is 19.8. The Bertz CT molecular complexity index is 445. The van der Waals surface area contributed by atoms with Crippen molar-refractivity contribution in [3.63, 3.8) is 0 Å². The molecule has 4 heteroatoms. The first kappa shape index (κ1) is 12.9. The molecule has 0 fully saturated rings. The number of hydrogen-bond donors (Lipinski definition) is 0. The fourth-order valence-corrected chi connectivity index (χ4v) is 2.17. The Hall–Kier alpha value is -1.52. The monoisotopic (exact) mass is 249 g/mol. The lowest BCUT2D eigenvalue weighted by atomic mass is 9.99. The van der Waals surface area contributed by atoms with Crippen LogP contribution in [0.5, 0.6) is 11.5 Å². The molecule has 1 aromatic carbocycles. The number of rotatable bonds is 3. The fraction of sp³-hybridized carbons (Fsp3) is 0.429. The van der Waals surface area contributed by atoms with E-state index >= 15 is 0 Å². The van der Waals surface area contributed by atoms with Gasteiger partial charge in [0.25, 0.3) is 0 Å². The molecule has 1 heterocycles. The maximum Gasteiger partial charge on any atom is 0.161 e. The third-order valence-corrected chi connectivity index (χ3v) is 3.16. The highest BCUT2D eigenvalue weighted by Gasteiger charge is 2.22. The first-order chi connectivity index (χ1) is 8.69. The van der Waals surface area contributed by atoms with Gasteiger partial charge in [0.2, 0.25) is 0 Å². The lowest BCUT2D eigenvalue weighted by molar-refractivity contribution is -0.163. The van der Waals surface area contributed by atoms with Crippen LogP contribution in [0.15, 0.2) is 24.8 Å². The molecule has 0 radical (unpaired) electrons. The molecule has 18 heavy (non-hydrogen) atoms. The minimum absolute atomic E-state index is 0.146. The molecular formula is C14H19NO3. The minimum atomic E-state index is -0.146. The predicted molar refractivity (Wildman–Crippen MR) is 69.9 cm³/mol. The Morgan fingerprint density at radius 2 is 2.00 bits per heavy atom. The highest BCUT2D eigenvalue weighted by atomic mass is 16.7. The number of likely N-dealkylation sites (N-methyl/N-ethyl adjacent to an activating group) is 1. The van der Waals surface area contributed by atoms with E-state index in [1.165, 1.54) is 5.56 Å². The molecule has 0 saturated carbocycles. The summed E-state index contributed by atoms with van der Waals surface area (Å²) in [5, 5.41) is 1.84. The summed E-state index contributed by atoms with van der Waals surface area (Å²) in [7, 11) is 5.21. The van der Waals surface area contributed by atoms with Gasteiger partial charge in [-0.2, -0.15) is 5.06 Å². The Morgan fingerprint density at radius 3 is 2.61 bits per heavy atom. The third kappa shape index (κ3) is 2.35. The van der Waals surface area contributed by atoms with Crippen molar-refractivity contribution in [2.45, 2.75) is 12.5 Å². The SMILES string of the molecule is C=C[C@H]1ON(C)CCc2cc(OC)c(OC)cc21. The molecule has 0 amide bonds. The van der Waals surface area contributed by atoms with Gasteiger partial charge in [-0.1, -0.05) is 6.08 Å². The standard InChI is InChI=1S/C14H19NO3/c1-5-12-11-9-14(17-4)13(16-3)8-10(11)6-7-15(2)18-12/h5,8-9,12H,1,6-7H2,2-4H3/t12-/m1/s1. The van der Waals surface area contributed by atoms with Crippen molar-refractivity contribution < 1.29 is 14.3 Å².